The van der Waals surface area contributed by atoms with Crippen molar-refractivity contribution in [2.75, 3.05) is 4.90 Å². The zero-order valence-electron chi connectivity index (χ0n) is 16.7. The first kappa shape index (κ1) is 21.4. The molecule has 1 aliphatic heterocycles. The molecule has 0 bridgehead atoms. The van der Waals surface area contributed by atoms with Crippen molar-refractivity contribution < 1.29 is 4.21 Å². The van der Waals surface area contributed by atoms with Crippen LogP contribution in [0.1, 0.15) is 30.0 Å². The first-order chi connectivity index (χ1) is 14.5. The molecule has 3 aromatic carbocycles. The van der Waals surface area contributed by atoms with Gasteiger partial charge in [0.25, 0.3) is 0 Å². The van der Waals surface area contributed by atoms with Crippen LogP contribution in [0.2, 0.25) is 5.02 Å². The smallest absolute Gasteiger partial charge is 0.146 e. The van der Waals surface area contributed by atoms with Crippen LogP contribution in [-0.2, 0) is 10.8 Å². The van der Waals surface area contributed by atoms with Crippen LogP contribution in [0.15, 0.2) is 94.8 Å². The average Bonchev–Trinajstić information content (AvgIpc) is 3.43. The van der Waals surface area contributed by atoms with E-state index in [2.05, 4.69) is 39.5 Å². The van der Waals surface area contributed by atoms with Crippen molar-refractivity contribution in [2.24, 2.45) is 0 Å². The summed E-state index contributed by atoms with van der Waals surface area (Å²) < 4.78 is 15.1. The predicted octanol–water partition coefficient (Wildman–Crippen LogP) is 7.44. The molecule has 0 aliphatic carbocycles. The highest BCUT2D eigenvalue weighted by Crippen LogP contribution is 2.61. The van der Waals surface area contributed by atoms with Gasteiger partial charge in [0, 0.05) is 20.1 Å². The lowest BCUT2D eigenvalue weighted by molar-refractivity contribution is 0.650. The molecule has 1 heterocycles. The van der Waals surface area contributed by atoms with E-state index >= 15 is 0 Å². The maximum absolute atomic E-state index is 14.0. The van der Waals surface area contributed by atoms with E-state index in [9.17, 15) is 4.21 Å². The number of hydrogen-bond donors (Lipinski definition) is 0. The third-order valence-corrected chi connectivity index (χ3v) is 8.33. The number of halogens is 2. The Bertz CT molecular complexity index is 1010. The normalized spacial score (nSPS) is 21.3. The number of hydrogen-bond acceptors (Lipinski definition) is 2. The van der Waals surface area contributed by atoms with Gasteiger partial charge in [-0.25, -0.2) is 0 Å². The summed E-state index contributed by atoms with van der Waals surface area (Å²) in [6.07, 6.45) is 3.44. The summed E-state index contributed by atoms with van der Waals surface area (Å²) in [6.45, 7) is 5.96. The van der Waals surface area contributed by atoms with Gasteiger partial charge in [0.1, 0.15) is 4.87 Å². The monoisotopic (exact) mass is 499 g/mol. The third-order valence-electron chi connectivity index (χ3n) is 5.58. The second-order valence-electron chi connectivity index (χ2n) is 7.55. The van der Waals surface area contributed by atoms with Gasteiger partial charge in [-0.3, -0.25) is 4.21 Å². The lowest BCUT2D eigenvalue weighted by Gasteiger charge is -2.18. The van der Waals surface area contributed by atoms with Crippen LogP contribution < -0.4 is 4.90 Å². The van der Waals surface area contributed by atoms with Gasteiger partial charge in [0.15, 0.2) is 0 Å². The van der Waals surface area contributed by atoms with E-state index in [-0.39, 0.29) is 6.04 Å². The molecule has 0 radical (unpaired) electrons. The molecule has 30 heavy (non-hydrogen) atoms. The number of aryl methyl sites for hydroxylation is 1. The van der Waals surface area contributed by atoms with Crippen molar-refractivity contribution in [1.82, 2.24) is 0 Å². The van der Waals surface area contributed by atoms with E-state index in [0.29, 0.717) is 5.02 Å². The second kappa shape index (κ2) is 8.70. The SMILES string of the molecule is C=CCC[C@@]1([S@](=O)c2ccc(C)cc2)[C@@H](c2ccc(Cl)cc2)N1c1ccc(Br)cc1. The van der Waals surface area contributed by atoms with Gasteiger partial charge >= 0.3 is 0 Å². The minimum Gasteiger partial charge on any atom is -0.342 e. The van der Waals surface area contributed by atoms with Crippen LogP contribution in [0.5, 0.6) is 0 Å². The van der Waals surface area contributed by atoms with Gasteiger partial charge in [0.05, 0.1) is 16.8 Å². The number of benzene rings is 3. The minimum atomic E-state index is -1.23. The fourth-order valence-electron chi connectivity index (χ4n) is 4.05. The lowest BCUT2D eigenvalue weighted by atomic mass is 10.1. The fourth-order valence-corrected chi connectivity index (χ4v) is 6.32. The molecule has 0 unspecified atom stereocenters. The van der Waals surface area contributed by atoms with E-state index in [1.54, 1.807) is 0 Å². The highest BCUT2D eigenvalue weighted by molar-refractivity contribution is 9.10. The Kier molecular flexibility index (Phi) is 6.19. The number of allylic oxidation sites excluding steroid dienone is 1. The summed E-state index contributed by atoms with van der Waals surface area (Å²) in [5, 5.41) is 0.700. The molecule has 0 saturated carbocycles. The molecule has 3 atom stereocenters. The Hall–Kier alpha value is -1.88. The maximum Gasteiger partial charge on any atom is 0.146 e. The molecular formula is C25H23BrClNOS. The van der Waals surface area contributed by atoms with Crippen LogP contribution in [0.25, 0.3) is 0 Å². The van der Waals surface area contributed by atoms with Crippen LogP contribution in [0.4, 0.5) is 5.69 Å². The van der Waals surface area contributed by atoms with Gasteiger partial charge in [-0.15, -0.1) is 6.58 Å². The van der Waals surface area contributed by atoms with Crippen LogP contribution in [0.3, 0.4) is 0 Å². The van der Waals surface area contributed by atoms with Gasteiger partial charge in [-0.05, 0) is 73.9 Å². The van der Waals surface area contributed by atoms with Gasteiger partial charge < -0.3 is 4.90 Å². The Balaban J connectivity index is 1.83. The lowest BCUT2D eigenvalue weighted by Crippen LogP contribution is -2.25. The average molecular weight is 501 g/mol. The van der Waals surface area contributed by atoms with Crippen LogP contribution in [-0.4, -0.2) is 9.08 Å². The molecule has 0 amide bonds. The first-order valence-corrected chi connectivity index (χ1v) is 12.2. The molecular weight excluding hydrogens is 478 g/mol. The van der Waals surface area contributed by atoms with Gasteiger partial charge in [0.2, 0.25) is 0 Å². The van der Waals surface area contributed by atoms with Crippen molar-refractivity contribution >= 4 is 44.0 Å². The summed E-state index contributed by atoms with van der Waals surface area (Å²) in [7, 11) is -1.23. The summed E-state index contributed by atoms with van der Waals surface area (Å²) in [5.74, 6) is 0. The van der Waals surface area contributed by atoms with Crippen molar-refractivity contribution in [1.29, 1.82) is 0 Å². The second-order valence-corrected chi connectivity index (χ2v) is 10.6. The zero-order valence-corrected chi connectivity index (χ0v) is 19.9. The molecule has 0 N–H and O–H groups in total. The minimum absolute atomic E-state index is 0.00183. The first-order valence-electron chi connectivity index (χ1n) is 9.87. The molecule has 4 rings (SSSR count). The molecule has 1 fully saturated rings. The van der Waals surface area contributed by atoms with Gasteiger partial charge in [-0.1, -0.05) is 63.4 Å². The molecule has 0 spiro atoms. The zero-order chi connectivity index (χ0) is 21.3. The third kappa shape index (κ3) is 3.89. The van der Waals surface area contributed by atoms with E-state index in [1.165, 1.54) is 0 Å². The summed E-state index contributed by atoms with van der Waals surface area (Å²) in [6, 6.07) is 24.1. The highest BCUT2D eigenvalue weighted by atomic mass is 79.9. The quantitative estimate of drug-likeness (QED) is 0.248. The molecule has 5 heteroatoms. The molecule has 1 aliphatic rings. The predicted molar refractivity (Wildman–Crippen MR) is 131 cm³/mol. The standard InChI is InChI=1S/C25H23BrClNOS/c1-3-4-17-25(30(29)23-15-5-18(2)6-16-23)24(19-7-11-21(27)12-8-19)28(25)22-13-9-20(26)10-14-22/h3,5-16,24H,1,4,17H2,2H3/t24-,25-,28?,30-/m1/s1. The van der Waals surface area contributed by atoms with E-state index in [4.69, 9.17) is 11.6 Å². The summed E-state index contributed by atoms with van der Waals surface area (Å²) in [5.41, 5.74) is 3.33. The Morgan fingerprint density at radius 3 is 2.30 bits per heavy atom. The van der Waals surface area contributed by atoms with Crippen molar-refractivity contribution in [3.8, 4) is 0 Å². The molecule has 2 nitrogen and oxygen atoms in total. The number of anilines is 1. The maximum atomic E-state index is 14.0. The molecule has 0 aromatic heterocycles. The van der Waals surface area contributed by atoms with Gasteiger partial charge in [-0.2, -0.15) is 0 Å². The summed E-state index contributed by atoms with van der Waals surface area (Å²) >= 11 is 9.66. The fraction of sp³-hybridized carbons (Fsp3) is 0.200. The van der Waals surface area contributed by atoms with Crippen LogP contribution >= 0.6 is 27.5 Å². The Morgan fingerprint density at radius 2 is 1.70 bits per heavy atom. The van der Waals surface area contributed by atoms with E-state index in [0.717, 1.165) is 39.0 Å². The molecule has 154 valence electrons. The number of nitrogens with zero attached hydrogens (tertiary/aromatic N) is 1. The molecule has 1 saturated heterocycles. The van der Waals surface area contributed by atoms with Crippen molar-refractivity contribution in [3.63, 3.8) is 0 Å². The summed E-state index contributed by atoms with van der Waals surface area (Å²) in [4.78, 5) is 2.61. The van der Waals surface area contributed by atoms with E-state index < -0.39 is 15.7 Å². The van der Waals surface area contributed by atoms with Crippen LogP contribution in [0, 0.1) is 6.92 Å². The topological polar surface area (TPSA) is 20.1 Å². The van der Waals surface area contributed by atoms with Crippen molar-refractivity contribution in [2.45, 2.75) is 35.6 Å². The number of rotatable bonds is 7. The molecule has 3 aromatic rings. The Morgan fingerprint density at radius 1 is 1.07 bits per heavy atom. The Labute approximate surface area is 194 Å². The van der Waals surface area contributed by atoms with E-state index in [1.807, 2.05) is 73.7 Å². The largest absolute Gasteiger partial charge is 0.342 e. The highest BCUT2D eigenvalue weighted by Gasteiger charge is 2.67. The van der Waals surface area contributed by atoms with Crippen molar-refractivity contribution in [3.05, 3.63) is 106 Å².